The molecule has 0 spiro atoms. The average molecular weight is 329 g/mol. The zero-order valence-electron chi connectivity index (χ0n) is 12.0. The Bertz CT molecular complexity index is 178. The van der Waals surface area contributed by atoms with E-state index in [2.05, 4.69) is 51.9 Å². The van der Waals surface area contributed by atoms with Gasteiger partial charge in [-0.25, -0.2) is 0 Å². The minimum Gasteiger partial charge on any atom is -0.420 e. The highest BCUT2D eigenvalue weighted by atomic mass is 32.1. The molecular weight excluding hydrogens is 301 g/mol. The second kappa shape index (κ2) is 9.07. The molecule has 0 amide bonds. The van der Waals surface area contributed by atoms with Crippen molar-refractivity contribution in [3.8, 4) is 0 Å². The Kier molecular flexibility index (Phi) is 9.66. The van der Waals surface area contributed by atoms with Crippen LogP contribution in [0.3, 0.4) is 0 Å². The van der Waals surface area contributed by atoms with Crippen LogP contribution in [0.25, 0.3) is 0 Å². The number of rotatable bonds is 9. The normalized spacial score (nSPS) is 13.1. The number of thiol groups is 1. The Morgan fingerprint density at radius 1 is 0.824 bits per heavy atom. The number of hydrogen-bond acceptors (Lipinski definition) is 4. The van der Waals surface area contributed by atoms with Gasteiger partial charge in [0.2, 0.25) is 0 Å². The molecule has 0 saturated heterocycles. The van der Waals surface area contributed by atoms with Gasteiger partial charge in [0.05, 0.1) is 0 Å². The van der Waals surface area contributed by atoms with Crippen molar-refractivity contribution < 1.29 is 12.3 Å². The SMILES string of the molecule is C[SiH](C)O[Si](CCCS)(O[SiH](C)C)O[SiH](C)C. The van der Waals surface area contributed by atoms with Crippen LogP contribution in [-0.2, 0) is 12.3 Å². The zero-order chi connectivity index (χ0) is 13.5. The van der Waals surface area contributed by atoms with Crippen LogP contribution in [-0.4, -0.2) is 41.7 Å². The van der Waals surface area contributed by atoms with Crippen molar-refractivity contribution in [1.29, 1.82) is 0 Å². The van der Waals surface area contributed by atoms with Gasteiger partial charge in [-0.05, 0) is 51.5 Å². The quantitative estimate of drug-likeness (QED) is 0.520. The van der Waals surface area contributed by atoms with Crippen LogP contribution in [0.15, 0.2) is 0 Å². The van der Waals surface area contributed by atoms with E-state index in [0.717, 1.165) is 18.2 Å². The summed E-state index contributed by atoms with van der Waals surface area (Å²) in [7, 11) is -5.74. The molecule has 0 rings (SSSR count). The van der Waals surface area contributed by atoms with Crippen LogP contribution in [0, 0.1) is 0 Å². The van der Waals surface area contributed by atoms with E-state index in [1.54, 1.807) is 0 Å². The average Bonchev–Trinajstić information content (AvgIpc) is 2.11. The van der Waals surface area contributed by atoms with E-state index in [1.165, 1.54) is 0 Å². The summed E-state index contributed by atoms with van der Waals surface area (Å²) in [5, 5.41) is 0. The van der Waals surface area contributed by atoms with Gasteiger partial charge in [0.1, 0.15) is 0 Å². The van der Waals surface area contributed by atoms with Crippen molar-refractivity contribution in [3.63, 3.8) is 0 Å². The molecule has 0 aliphatic carbocycles. The molecule has 8 heteroatoms. The molecule has 0 aliphatic rings. The summed E-state index contributed by atoms with van der Waals surface area (Å²) >= 11 is 4.29. The highest BCUT2D eigenvalue weighted by Crippen LogP contribution is 2.21. The third-order valence-corrected chi connectivity index (χ3v) is 13.1. The van der Waals surface area contributed by atoms with Crippen molar-refractivity contribution in [2.24, 2.45) is 0 Å². The second-order valence-electron chi connectivity index (χ2n) is 5.01. The Morgan fingerprint density at radius 2 is 1.18 bits per heavy atom. The smallest absolute Gasteiger partial charge is 0.420 e. The first-order valence-corrected chi connectivity index (χ1v) is 17.4. The molecule has 0 bridgehead atoms. The van der Waals surface area contributed by atoms with E-state index >= 15 is 0 Å². The molecule has 3 nitrogen and oxygen atoms in total. The molecular formula is C9H28O3SSi4. The van der Waals surface area contributed by atoms with Gasteiger partial charge in [0, 0.05) is 6.04 Å². The summed E-state index contributed by atoms with van der Waals surface area (Å²) in [6.45, 7) is 13.2. The maximum atomic E-state index is 6.23. The molecule has 0 aromatic rings. The summed E-state index contributed by atoms with van der Waals surface area (Å²) in [6.07, 6.45) is 1.03. The molecule has 104 valence electrons. The van der Waals surface area contributed by atoms with Crippen LogP contribution in [0.2, 0.25) is 45.3 Å². The fraction of sp³-hybridized carbons (Fsp3) is 1.00. The summed E-state index contributed by atoms with van der Waals surface area (Å²) in [4.78, 5) is 0. The van der Waals surface area contributed by atoms with Crippen LogP contribution < -0.4 is 0 Å². The lowest BCUT2D eigenvalue weighted by Gasteiger charge is -2.35. The van der Waals surface area contributed by atoms with Crippen LogP contribution in [0.4, 0.5) is 0 Å². The Morgan fingerprint density at radius 3 is 1.41 bits per heavy atom. The molecule has 0 aliphatic heterocycles. The van der Waals surface area contributed by atoms with Crippen molar-refractivity contribution in [2.75, 3.05) is 5.75 Å². The van der Waals surface area contributed by atoms with E-state index in [4.69, 9.17) is 12.3 Å². The van der Waals surface area contributed by atoms with Gasteiger partial charge in [-0.3, -0.25) is 0 Å². The van der Waals surface area contributed by atoms with E-state index in [-0.39, 0.29) is 0 Å². The third-order valence-electron chi connectivity index (χ3n) is 1.89. The third kappa shape index (κ3) is 8.76. The van der Waals surface area contributed by atoms with Crippen molar-refractivity contribution in [1.82, 2.24) is 0 Å². The topological polar surface area (TPSA) is 27.7 Å². The maximum Gasteiger partial charge on any atom is 0.468 e. The fourth-order valence-electron chi connectivity index (χ4n) is 1.63. The highest BCUT2D eigenvalue weighted by molar-refractivity contribution is 7.80. The number of hydrogen-bond donors (Lipinski definition) is 1. The van der Waals surface area contributed by atoms with Crippen molar-refractivity contribution >= 4 is 48.6 Å². The molecule has 0 unspecified atom stereocenters. The van der Waals surface area contributed by atoms with Crippen molar-refractivity contribution in [2.45, 2.75) is 51.7 Å². The van der Waals surface area contributed by atoms with E-state index in [1.807, 2.05) is 0 Å². The highest BCUT2D eigenvalue weighted by Gasteiger charge is 2.42. The predicted molar refractivity (Wildman–Crippen MR) is 88.9 cm³/mol. The van der Waals surface area contributed by atoms with Gasteiger partial charge in [-0.1, -0.05) is 0 Å². The fourth-order valence-corrected chi connectivity index (χ4v) is 14.9. The van der Waals surface area contributed by atoms with E-state index in [0.29, 0.717) is 0 Å². The van der Waals surface area contributed by atoms with E-state index < -0.39 is 35.9 Å². The first-order valence-electron chi connectivity index (χ1n) is 6.45. The van der Waals surface area contributed by atoms with Crippen LogP contribution in [0.5, 0.6) is 0 Å². The first-order chi connectivity index (χ1) is 7.81. The second-order valence-corrected chi connectivity index (χ2v) is 16.4. The molecule has 0 aromatic heterocycles. The van der Waals surface area contributed by atoms with Gasteiger partial charge in [0.25, 0.3) is 0 Å². The summed E-state index contributed by atoms with van der Waals surface area (Å²) in [6, 6.07) is 0.942. The van der Waals surface area contributed by atoms with Gasteiger partial charge >= 0.3 is 8.80 Å². The largest absolute Gasteiger partial charge is 0.468 e. The predicted octanol–water partition coefficient (Wildman–Crippen LogP) is 2.25. The summed E-state index contributed by atoms with van der Waals surface area (Å²) < 4.78 is 18.7. The molecule has 17 heavy (non-hydrogen) atoms. The Hall–Kier alpha value is 1.10. The lowest BCUT2D eigenvalue weighted by atomic mass is 10.6. The molecule has 0 N–H and O–H groups in total. The maximum absolute atomic E-state index is 6.23. The van der Waals surface area contributed by atoms with Gasteiger partial charge in [0.15, 0.2) is 27.1 Å². The van der Waals surface area contributed by atoms with Crippen LogP contribution in [0.1, 0.15) is 6.42 Å². The summed E-state index contributed by atoms with van der Waals surface area (Å²) in [5.41, 5.74) is 0. The van der Waals surface area contributed by atoms with Crippen LogP contribution >= 0.6 is 12.6 Å². The lowest BCUT2D eigenvalue weighted by Crippen LogP contribution is -2.53. The minimum atomic E-state index is -2.37. The molecule has 0 saturated carbocycles. The molecule has 0 atom stereocenters. The molecule has 0 fully saturated rings. The first kappa shape index (κ1) is 18.1. The molecule has 0 heterocycles. The Labute approximate surface area is 118 Å². The summed E-state index contributed by atoms with van der Waals surface area (Å²) in [5.74, 6) is 0.879. The lowest BCUT2D eigenvalue weighted by molar-refractivity contribution is 0.267. The van der Waals surface area contributed by atoms with Crippen molar-refractivity contribution in [3.05, 3.63) is 0 Å². The minimum absolute atomic E-state index is 0.879. The standard InChI is InChI=1S/C9H28O3SSi4/c1-14(2)10-17(9-7-8-13,11-15(3)4)12-16(5)6/h13-16H,7-9H2,1-6H3. The van der Waals surface area contributed by atoms with Gasteiger partial charge in [-0.2, -0.15) is 12.6 Å². The monoisotopic (exact) mass is 328 g/mol. The van der Waals surface area contributed by atoms with E-state index in [9.17, 15) is 0 Å². The molecule has 0 radical (unpaired) electrons. The zero-order valence-corrected chi connectivity index (χ0v) is 17.4. The Balaban J connectivity index is 4.76. The van der Waals surface area contributed by atoms with Gasteiger partial charge < -0.3 is 12.3 Å². The molecule has 0 aromatic carbocycles. The van der Waals surface area contributed by atoms with Gasteiger partial charge in [-0.15, -0.1) is 0 Å².